The summed E-state index contributed by atoms with van der Waals surface area (Å²) in [6.45, 7) is 0. The molecular formula is C3H4N8O6. The van der Waals surface area contributed by atoms with E-state index < -0.39 is 32.4 Å². The topological polar surface area (TPSA) is 205 Å². The first kappa shape index (κ1) is 12.5. The summed E-state index contributed by atoms with van der Waals surface area (Å²) in [5.41, 5.74) is 0.393. The quantitative estimate of drug-likeness (QED) is 0.242. The van der Waals surface area contributed by atoms with Gasteiger partial charge in [-0.2, -0.15) is 5.43 Å². The van der Waals surface area contributed by atoms with E-state index in [-0.39, 0.29) is 0 Å². The standard InChI is InChI=1S/C3H4N8O6/c4-6-3(11(16)17)1(5-8-7-3)2(9(12)13)10(14)15/h2,6H,4H2. The van der Waals surface area contributed by atoms with Crippen molar-refractivity contribution in [3.05, 3.63) is 30.3 Å². The van der Waals surface area contributed by atoms with Gasteiger partial charge >= 0.3 is 17.7 Å². The molecule has 0 saturated heterocycles. The molecule has 3 N–H and O–H groups in total. The summed E-state index contributed by atoms with van der Waals surface area (Å²) in [6, 6.07) is 0. The molecule has 0 bridgehead atoms. The molecule has 17 heavy (non-hydrogen) atoms. The molecule has 1 aliphatic heterocycles. The van der Waals surface area contributed by atoms with Crippen LogP contribution in [-0.4, -0.2) is 32.4 Å². The maximum Gasteiger partial charge on any atom is 0.502 e. The Balaban J connectivity index is 3.26. The minimum absolute atomic E-state index is 1.13. The molecule has 1 rings (SSSR count). The molecule has 0 aromatic rings. The number of hydrogen-bond acceptors (Lipinski definition) is 11. The Labute approximate surface area is 90.6 Å². The highest BCUT2D eigenvalue weighted by Crippen LogP contribution is 2.21. The van der Waals surface area contributed by atoms with E-state index in [2.05, 4.69) is 15.4 Å². The maximum absolute atomic E-state index is 10.7. The molecule has 0 aromatic carbocycles. The van der Waals surface area contributed by atoms with Crippen LogP contribution in [0.1, 0.15) is 0 Å². The Morgan fingerprint density at radius 3 is 2.12 bits per heavy atom. The van der Waals surface area contributed by atoms with Crippen LogP contribution in [-0.2, 0) is 0 Å². The molecule has 1 unspecified atom stereocenters. The molecule has 1 atom stereocenters. The lowest BCUT2D eigenvalue weighted by atomic mass is 10.2. The Bertz CT molecular complexity index is 429. The lowest BCUT2D eigenvalue weighted by Crippen LogP contribution is -2.63. The van der Waals surface area contributed by atoms with Crippen molar-refractivity contribution in [1.82, 2.24) is 5.43 Å². The normalized spacial score (nSPS) is 22.6. The molecule has 0 aliphatic carbocycles. The monoisotopic (exact) mass is 248 g/mol. The smallest absolute Gasteiger partial charge is 0.264 e. The van der Waals surface area contributed by atoms with Crippen LogP contribution in [0.25, 0.3) is 0 Å². The summed E-state index contributed by atoms with van der Waals surface area (Å²) >= 11 is 0. The lowest BCUT2D eigenvalue weighted by molar-refractivity contribution is -0.723. The van der Waals surface area contributed by atoms with Gasteiger partial charge in [0.15, 0.2) is 0 Å². The molecule has 0 radical (unpaired) electrons. The second-order valence-corrected chi connectivity index (χ2v) is 2.69. The van der Waals surface area contributed by atoms with Gasteiger partial charge in [-0.3, -0.25) is 36.2 Å². The third kappa shape index (κ3) is 1.76. The van der Waals surface area contributed by atoms with E-state index in [1.54, 1.807) is 0 Å². The molecule has 14 nitrogen and oxygen atoms in total. The van der Waals surface area contributed by atoms with Crippen LogP contribution in [0.5, 0.6) is 0 Å². The molecule has 14 heteroatoms. The van der Waals surface area contributed by atoms with Crippen LogP contribution in [0.4, 0.5) is 0 Å². The van der Waals surface area contributed by atoms with E-state index in [9.17, 15) is 30.3 Å². The summed E-state index contributed by atoms with van der Waals surface area (Å²) in [6.07, 6.45) is -2.66. The fourth-order valence-electron chi connectivity index (χ4n) is 1.05. The second kappa shape index (κ2) is 4.10. The molecular weight excluding hydrogens is 244 g/mol. The van der Waals surface area contributed by atoms with E-state index >= 15 is 0 Å². The summed E-state index contributed by atoms with van der Waals surface area (Å²) in [4.78, 5) is 27.7. The number of rotatable bonds is 5. The van der Waals surface area contributed by atoms with Crippen molar-refractivity contribution in [2.24, 2.45) is 21.3 Å². The van der Waals surface area contributed by atoms with Gasteiger partial charge in [-0.05, 0) is 5.22 Å². The fourth-order valence-corrected chi connectivity index (χ4v) is 1.05. The van der Waals surface area contributed by atoms with Gasteiger partial charge in [-0.25, -0.2) is 0 Å². The van der Waals surface area contributed by atoms with Crippen LogP contribution in [0.15, 0.2) is 15.4 Å². The molecule has 0 fully saturated rings. The highest BCUT2D eigenvalue weighted by atomic mass is 16.7. The van der Waals surface area contributed by atoms with Gasteiger partial charge in [0.25, 0.3) is 0 Å². The summed E-state index contributed by atoms with van der Waals surface area (Å²) in [5, 5.41) is 40.3. The highest BCUT2D eigenvalue weighted by Gasteiger charge is 2.64. The Kier molecular flexibility index (Phi) is 3.01. The van der Waals surface area contributed by atoms with Crippen LogP contribution in [0, 0.1) is 30.3 Å². The number of hydrogen-bond donors (Lipinski definition) is 2. The van der Waals surface area contributed by atoms with Gasteiger partial charge in [0.2, 0.25) is 0 Å². The number of nitro groups is 3. The second-order valence-electron chi connectivity index (χ2n) is 2.69. The zero-order valence-electron chi connectivity index (χ0n) is 7.79. The van der Waals surface area contributed by atoms with Crippen molar-refractivity contribution in [2.45, 2.75) is 12.0 Å². The third-order valence-electron chi connectivity index (χ3n) is 1.81. The first-order valence-corrected chi connectivity index (χ1v) is 3.76. The van der Waals surface area contributed by atoms with E-state index in [1.807, 2.05) is 0 Å². The van der Waals surface area contributed by atoms with Gasteiger partial charge < -0.3 is 0 Å². The van der Waals surface area contributed by atoms with Gasteiger partial charge in [-0.15, -0.1) is 5.10 Å². The predicted octanol–water partition coefficient (Wildman–Crippen LogP) is -1.92. The number of nitrogens with one attached hydrogen (secondary N) is 1. The van der Waals surface area contributed by atoms with Crippen LogP contribution >= 0.6 is 0 Å². The van der Waals surface area contributed by atoms with Crippen LogP contribution < -0.4 is 11.3 Å². The third-order valence-corrected chi connectivity index (χ3v) is 1.81. The largest absolute Gasteiger partial charge is 0.502 e. The highest BCUT2D eigenvalue weighted by molar-refractivity contribution is 5.94. The zero-order chi connectivity index (χ0) is 13.2. The molecule has 0 amide bonds. The zero-order valence-corrected chi connectivity index (χ0v) is 7.79. The first-order valence-electron chi connectivity index (χ1n) is 3.76. The van der Waals surface area contributed by atoms with Crippen molar-refractivity contribution in [2.75, 3.05) is 0 Å². The van der Waals surface area contributed by atoms with Gasteiger partial charge in [0.1, 0.15) is 9.85 Å². The Morgan fingerprint density at radius 1 is 1.24 bits per heavy atom. The van der Waals surface area contributed by atoms with Gasteiger partial charge in [0, 0.05) is 0 Å². The average molecular weight is 248 g/mol. The predicted molar refractivity (Wildman–Crippen MR) is 47.1 cm³/mol. The summed E-state index contributed by atoms with van der Waals surface area (Å²) in [7, 11) is 0. The number of nitrogens with zero attached hydrogens (tertiary/aromatic N) is 6. The van der Waals surface area contributed by atoms with E-state index in [0.29, 0.717) is 0 Å². The molecule has 0 saturated carbocycles. The average Bonchev–Trinajstić information content (AvgIpc) is 2.61. The van der Waals surface area contributed by atoms with Crippen molar-refractivity contribution >= 4 is 5.71 Å². The molecule has 0 spiro atoms. The van der Waals surface area contributed by atoms with E-state index in [1.165, 1.54) is 5.43 Å². The van der Waals surface area contributed by atoms with Crippen LogP contribution in [0.2, 0.25) is 0 Å². The van der Waals surface area contributed by atoms with Crippen molar-refractivity contribution in [3.8, 4) is 0 Å². The Morgan fingerprint density at radius 2 is 1.76 bits per heavy atom. The maximum atomic E-state index is 10.7. The number of hydrazine groups is 1. The minimum atomic E-state index is -2.79. The Hall–Kier alpha value is -2.61. The molecule has 0 aromatic heterocycles. The minimum Gasteiger partial charge on any atom is -0.264 e. The van der Waals surface area contributed by atoms with Gasteiger partial charge in [-0.1, -0.05) is 5.11 Å². The van der Waals surface area contributed by atoms with Gasteiger partial charge in [0.05, 0.1) is 4.92 Å². The molecule has 1 aliphatic rings. The SMILES string of the molecule is NNC1([N+](=O)[O-])N=NN=C1C([N+](=O)[O-])[N+](=O)[O-]. The summed E-state index contributed by atoms with van der Waals surface area (Å²) in [5.74, 6) is 2.04. The van der Waals surface area contributed by atoms with E-state index in [4.69, 9.17) is 5.84 Å². The fraction of sp³-hybridized carbons (Fsp3) is 0.667. The molecule has 92 valence electrons. The van der Waals surface area contributed by atoms with Crippen molar-refractivity contribution in [3.63, 3.8) is 0 Å². The van der Waals surface area contributed by atoms with Crippen LogP contribution in [0.3, 0.4) is 0 Å². The van der Waals surface area contributed by atoms with Crippen molar-refractivity contribution in [1.29, 1.82) is 0 Å². The number of nitrogens with two attached hydrogens (primary N) is 1. The first-order chi connectivity index (χ1) is 7.86. The van der Waals surface area contributed by atoms with E-state index in [0.717, 1.165) is 0 Å². The molecule has 1 heterocycles. The van der Waals surface area contributed by atoms with Crippen molar-refractivity contribution < 1.29 is 14.8 Å². The lowest BCUT2D eigenvalue weighted by Gasteiger charge is -2.14. The summed E-state index contributed by atoms with van der Waals surface area (Å²) < 4.78 is 0.